The molecule has 0 saturated carbocycles. The summed E-state index contributed by atoms with van der Waals surface area (Å²) in [6, 6.07) is 9.83. The molecule has 0 aliphatic rings. The second kappa shape index (κ2) is 5.83. The van der Waals surface area contributed by atoms with Crippen molar-refractivity contribution in [3.8, 4) is 11.6 Å². The van der Waals surface area contributed by atoms with E-state index in [4.69, 9.17) is 4.74 Å². The molecule has 2 aromatic rings. The molecule has 2 nitrogen and oxygen atoms in total. The van der Waals surface area contributed by atoms with E-state index in [2.05, 4.69) is 20.9 Å². The second-order valence-corrected chi connectivity index (χ2v) is 4.68. The number of allylic oxidation sites excluding steroid dienone is 1. The SMILES string of the molecule is C/C=C/c1ccccc1Oc1nccc(C)c1Br. The zero-order valence-electron chi connectivity index (χ0n) is 10.4. The Morgan fingerprint density at radius 3 is 2.78 bits per heavy atom. The van der Waals surface area contributed by atoms with Gasteiger partial charge in [0, 0.05) is 11.8 Å². The Bertz CT molecular complexity index is 578. The van der Waals surface area contributed by atoms with Crippen LogP contribution in [0.3, 0.4) is 0 Å². The summed E-state index contributed by atoms with van der Waals surface area (Å²) < 4.78 is 6.75. The molecule has 0 spiro atoms. The van der Waals surface area contributed by atoms with Crippen LogP contribution in [0.25, 0.3) is 6.08 Å². The number of benzene rings is 1. The van der Waals surface area contributed by atoms with Crippen molar-refractivity contribution in [1.82, 2.24) is 4.98 Å². The Labute approximate surface area is 115 Å². The molecule has 1 aromatic heterocycles. The number of hydrogen-bond donors (Lipinski definition) is 0. The second-order valence-electron chi connectivity index (χ2n) is 3.89. The fraction of sp³-hybridized carbons (Fsp3) is 0.133. The van der Waals surface area contributed by atoms with Crippen molar-refractivity contribution >= 4 is 22.0 Å². The fourth-order valence-corrected chi connectivity index (χ4v) is 1.90. The molecule has 0 aliphatic heterocycles. The first-order valence-corrected chi connectivity index (χ1v) is 6.52. The van der Waals surface area contributed by atoms with Gasteiger partial charge in [-0.05, 0) is 47.5 Å². The Kier molecular flexibility index (Phi) is 4.15. The number of nitrogens with zero attached hydrogens (tertiary/aromatic N) is 1. The molecule has 1 aromatic carbocycles. The Morgan fingerprint density at radius 1 is 1.22 bits per heavy atom. The lowest BCUT2D eigenvalue weighted by atomic mass is 10.2. The van der Waals surface area contributed by atoms with Gasteiger partial charge >= 0.3 is 0 Å². The lowest BCUT2D eigenvalue weighted by Crippen LogP contribution is -1.92. The fourth-order valence-electron chi connectivity index (χ4n) is 1.58. The summed E-state index contributed by atoms with van der Waals surface area (Å²) in [7, 11) is 0. The van der Waals surface area contributed by atoms with E-state index in [9.17, 15) is 0 Å². The van der Waals surface area contributed by atoms with E-state index in [1.165, 1.54) is 0 Å². The van der Waals surface area contributed by atoms with Gasteiger partial charge < -0.3 is 4.74 Å². The van der Waals surface area contributed by atoms with Gasteiger partial charge in [-0.15, -0.1) is 0 Å². The van der Waals surface area contributed by atoms with E-state index in [1.54, 1.807) is 6.20 Å². The average Bonchev–Trinajstić information content (AvgIpc) is 2.37. The molecular weight excluding hydrogens is 290 g/mol. The predicted molar refractivity (Wildman–Crippen MR) is 77.9 cm³/mol. The van der Waals surface area contributed by atoms with Gasteiger partial charge in [0.25, 0.3) is 0 Å². The Morgan fingerprint density at radius 2 is 2.00 bits per heavy atom. The van der Waals surface area contributed by atoms with Crippen LogP contribution in [0, 0.1) is 6.92 Å². The number of hydrogen-bond acceptors (Lipinski definition) is 2. The summed E-state index contributed by atoms with van der Waals surface area (Å²) in [6.07, 6.45) is 5.74. The van der Waals surface area contributed by atoms with Crippen LogP contribution in [0.4, 0.5) is 0 Å². The van der Waals surface area contributed by atoms with Gasteiger partial charge in [-0.2, -0.15) is 0 Å². The van der Waals surface area contributed by atoms with Crippen LogP contribution in [0.5, 0.6) is 11.6 Å². The van der Waals surface area contributed by atoms with E-state index >= 15 is 0 Å². The Hall–Kier alpha value is -1.61. The van der Waals surface area contributed by atoms with Gasteiger partial charge in [-0.3, -0.25) is 0 Å². The van der Waals surface area contributed by atoms with Gasteiger partial charge in [-0.25, -0.2) is 4.98 Å². The highest BCUT2D eigenvalue weighted by Gasteiger charge is 2.08. The maximum Gasteiger partial charge on any atom is 0.233 e. The summed E-state index contributed by atoms with van der Waals surface area (Å²) in [5.41, 5.74) is 2.14. The highest BCUT2D eigenvalue weighted by molar-refractivity contribution is 9.10. The van der Waals surface area contributed by atoms with E-state index in [0.29, 0.717) is 5.88 Å². The predicted octanol–water partition coefficient (Wildman–Crippen LogP) is 4.98. The molecule has 92 valence electrons. The van der Waals surface area contributed by atoms with Gasteiger partial charge in [0.05, 0.1) is 4.47 Å². The highest BCUT2D eigenvalue weighted by Crippen LogP contribution is 2.31. The Balaban J connectivity index is 2.37. The van der Waals surface area contributed by atoms with Crippen LogP contribution >= 0.6 is 15.9 Å². The minimum atomic E-state index is 0.590. The number of aryl methyl sites for hydroxylation is 1. The topological polar surface area (TPSA) is 22.1 Å². The molecule has 2 rings (SSSR count). The summed E-state index contributed by atoms with van der Waals surface area (Å²) >= 11 is 3.50. The van der Waals surface area contributed by atoms with Crippen LogP contribution in [0.2, 0.25) is 0 Å². The minimum Gasteiger partial charge on any atom is -0.437 e. The van der Waals surface area contributed by atoms with Crippen LogP contribution in [0.1, 0.15) is 18.1 Å². The van der Waals surface area contributed by atoms with Gasteiger partial charge in [0.1, 0.15) is 5.75 Å². The molecule has 0 N–H and O–H groups in total. The van der Waals surface area contributed by atoms with Crippen molar-refractivity contribution in [1.29, 1.82) is 0 Å². The van der Waals surface area contributed by atoms with E-state index in [0.717, 1.165) is 21.3 Å². The molecule has 0 fully saturated rings. The van der Waals surface area contributed by atoms with Gasteiger partial charge in [0.15, 0.2) is 0 Å². The number of aromatic nitrogens is 1. The normalized spacial score (nSPS) is 10.8. The summed E-state index contributed by atoms with van der Waals surface area (Å²) in [5, 5.41) is 0. The van der Waals surface area contributed by atoms with Crippen molar-refractivity contribution in [2.24, 2.45) is 0 Å². The molecule has 0 aliphatic carbocycles. The maximum absolute atomic E-state index is 5.86. The smallest absolute Gasteiger partial charge is 0.233 e. The van der Waals surface area contributed by atoms with Crippen LogP contribution in [-0.4, -0.2) is 4.98 Å². The number of pyridine rings is 1. The van der Waals surface area contributed by atoms with E-state index in [1.807, 2.05) is 56.3 Å². The molecule has 1 heterocycles. The lowest BCUT2D eigenvalue weighted by molar-refractivity contribution is 0.458. The molecule has 0 saturated heterocycles. The molecule has 18 heavy (non-hydrogen) atoms. The quantitative estimate of drug-likeness (QED) is 0.798. The minimum absolute atomic E-state index is 0.590. The lowest BCUT2D eigenvalue weighted by Gasteiger charge is -2.10. The largest absolute Gasteiger partial charge is 0.437 e. The summed E-state index contributed by atoms with van der Waals surface area (Å²) in [5.74, 6) is 1.39. The summed E-state index contributed by atoms with van der Waals surface area (Å²) in [6.45, 7) is 3.99. The van der Waals surface area contributed by atoms with Crippen molar-refractivity contribution in [3.63, 3.8) is 0 Å². The van der Waals surface area contributed by atoms with Crippen molar-refractivity contribution in [2.75, 3.05) is 0 Å². The van der Waals surface area contributed by atoms with Crippen molar-refractivity contribution < 1.29 is 4.74 Å². The average molecular weight is 304 g/mol. The first kappa shape index (κ1) is 12.8. The molecule has 0 amide bonds. The number of rotatable bonds is 3. The zero-order chi connectivity index (χ0) is 13.0. The van der Waals surface area contributed by atoms with Gasteiger partial charge in [0.2, 0.25) is 5.88 Å². The molecule has 0 radical (unpaired) electrons. The first-order valence-electron chi connectivity index (χ1n) is 5.73. The third-order valence-corrected chi connectivity index (χ3v) is 3.49. The van der Waals surface area contributed by atoms with Crippen molar-refractivity contribution in [3.05, 3.63) is 58.2 Å². The van der Waals surface area contributed by atoms with Crippen LogP contribution in [0.15, 0.2) is 47.1 Å². The van der Waals surface area contributed by atoms with Crippen LogP contribution < -0.4 is 4.74 Å². The third-order valence-electron chi connectivity index (χ3n) is 2.52. The summed E-state index contributed by atoms with van der Waals surface area (Å²) in [4.78, 5) is 4.24. The van der Waals surface area contributed by atoms with E-state index in [-0.39, 0.29) is 0 Å². The zero-order valence-corrected chi connectivity index (χ0v) is 11.9. The monoisotopic (exact) mass is 303 g/mol. The van der Waals surface area contributed by atoms with Gasteiger partial charge in [-0.1, -0.05) is 30.4 Å². The first-order chi connectivity index (χ1) is 8.72. The highest BCUT2D eigenvalue weighted by atomic mass is 79.9. The maximum atomic E-state index is 5.86. The molecule has 0 atom stereocenters. The molecule has 0 bridgehead atoms. The van der Waals surface area contributed by atoms with E-state index < -0.39 is 0 Å². The standard InChI is InChI=1S/C15H14BrNO/c1-3-6-12-7-4-5-8-13(12)18-15-14(16)11(2)9-10-17-15/h3-10H,1-2H3/b6-3+. The molecular formula is C15H14BrNO. The van der Waals surface area contributed by atoms with Crippen molar-refractivity contribution in [2.45, 2.75) is 13.8 Å². The van der Waals surface area contributed by atoms with Crippen LogP contribution in [-0.2, 0) is 0 Å². The number of halogens is 1. The third kappa shape index (κ3) is 2.79. The molecule has 3 heteroatoms. The number of ether oxygens (including phenoxy) is 1. The number of para-hydroxylation sites is 1. The molecule has 0 unspecified atom stereocenters.